The van der Waals surface area contributed by atoms with Gasteiger partial charge in [-0.3, -0.25) is 0 Å². The molecule has 2 aromatic rings. The van der Waals surface area contributed by atoms with Gasteiger partial charge < -0.3 is 15.8 Å². The van der Waals surface area contributed by atoms with Crippen molar-refractivity contribution >= 4 is 16.7 Å². The minimum Gasteiger partial charge on any atom is -0.491 e. The molecule has 1 saturated heterocycles. The van der Waals surface area contributed by atoms with Gasteiger partial charge in [-0.05, 0) is 31.5 Å². The molecule has 3 rings (SSSR count). The molecule has 0 radical (unpaired) electrons. The van der Waals surface area contributed by atoms with Crippen LogP contribution in [-0.2, 0) is 0 Å². The van der Waals surface area contributed by atoms with Crippen molar-refractivity contribution in [2.75, 3.05) is 18.9 Å². The van der Waals surface area contributed by atoms with Crippen molar-refractivity contribution in [3.63, 3.8) is 0 Å². The molecule has 5 nitrogen and oxygen atoms in total. The van der Waals surface area contributed by atoms with Crippen LogP contribution < -0.4 is 15.8 Å². The van der Waals surface area contributed by atoms with E-state index in [9.17, 15) is 0 Å². The van der Waals surface area contributed by atoms with Gasteiger partial charge in [0.05, 0.1) is 10.9 Å². The van der Waals surface area contributed by atoms with Gasteiger partial charge in [0, 0.05) is 6.04 Å². The second kappa shape index (κ2) is 4.78. The molecule has 0 bridgehead atoms. The van der Waals surface area contributed by atoms with Gasteiger partial charge in [0.2, 0.25) is 0 Å². The summed E-state index contributed by atoms with van der Waals surface area (Å²) in [6.07, 6.45) is 3.85. The molecule has 1 fully saturated rings. The number of nitrogen functional groups attached to an aromatic ring is 1. The fourth-order valence-electron chi connectivity index (χ4n) is 2.31. The first-order valence-corrected chi connectivity index (χ1v) is 6.20. The second-order valence-electron chi connectivity index (χ2n) is 4.51. The first-order valence-electron chi connectivity index (χ1n) is 6.20. The van der Waals surface area contributed by atoms with Crippen molar-refractivity contribution in [2.45, 2.75) is 18.9 Å². The number of benzene rings is 1. The fraction of sp³-hybridized carbons (Fsp3) is 0.385. The van der Waals surface area contributed by atoms with E-state index in [-0.39, 0.29) is 0 Å². The maximum absolute atomic E-state index is 5.89. The highest BCUT2D eigenvalue weighted by atomic mass is 16.5. The maximum Gasteiger partial charge on any atom is 0.138 e. The lowest BCUT2D eigenvalue weighted by atomic mass is 10.2. The minimum atomic E-state index is 0.436. The molecule has 18 heavy (non-hydrogen) atoms. The summed E-state index contributed by atoms with van der Waals surface area (Å²) in [5, 5.41) is 4.21. The summed E-state index contributed by atoms with van der Waals surface area (Å²) in [5.74, 6) is 1.23. The van der Waals surface area contributed by atoms with Crippen LogP contribution in [0.3, 0.4) is 0 Å². The topological polar surface area (TPSA) is 73.1 Å². The Morgan fingerprint density at radius 3 is 3.17 bits per heavy atom. The lowest BCUT2D eigenvalue weighted by molar-refractivity contribution is 0.280. The molecule has 1 aliphatic rings. The monoisotopic (exact) mass is 244 g/mol. The highest BCUT2D eigenvalue weighted by Gasteiger charge is 2.15. The molecular weight excluding hydrogens is 228 g/mol. The number of fused-ring (bicyclic) bond motifs is 1. The number of nitrogens with two attached hydrogens (primary N) is 1. The van der Waals surface area contributed by atoms with Gasteiger partial charge in [0.1, 0.15) is 24.5 Å². The first kappa shape index (κ1) is 11.2. The summed E-state index contributed by atoms with van der Waals surface area (Å²) < 4.78 is 5.86. The normalized spacial score (nSPS) is 19.2. The van der Waals surface area contributed by atoms with Gasteiger partial charge in [-0.1, -0.05) is 6.07 Å². The Labute approximate surface area is 105 Å². The Bertz CT molecular complexity index is 546. The Hall–Kier alpha value is -1.88. The summed E-state index contributed by atoms with van der Waals surface area (Å²) in [5.41, 5.74) is 6.71. The van der Waals surface area contributed by atoms with Crippen LogP contribution in [0.25, 0.3) is 10.9 Å². The molecule has 94 valence electrons. The number of aromatic nitrogens is 2. The first-order chi connectivity index (χ1) is 8.84. The smallest absolute Gasteiger partial charge is 0.138 e. The van der Waals surface area contributed by atoms with Gasteiger partial charge in [-0.25, -0.2) is 9.97 Å². The molecule has 1 aliphatic heterocycles. The van der Waals surface area contributed by atoms with Crippen molar-refractivity contribution < 1.29 is 4.74 Å². The molecule has 0 unspecified atom stereocenters. The van der Waals surface area contributed by atoms with Crippen LogP contribution in [0.5, 0.6) is 5.75 Å². The molecule has 2 heterocycles. The van der Waals surface area contributed by atoms with E-state index >= 15 is 0 Å². The Morgan fingerprint density at radius 1 is 1.39 bits per heavy atom. The van der Waals surface area contributed by atoms with Crippen LogP contribution in [-0.4, -0.2) is 29.2 Å². The van der Waals surface area contributed by atoms with E-state index in [0.29, 0.717) is 18.5 Å². The molecule has 0 amide bonds. The average molecular weight is 244 g/mol. The predicted octanol–water partition coefficient (Wildman–Crippen LogP) is 1.34. The number of ether oxygens (including phenoxy) is 1. The highest BCUT2D eigenvalue weighted by Crippen LogP contribution is 2.28. The zero-order valence-corrected chi connectivity index (χ0v) is 10.1. The van der Waals surface area contributed by atoms with Crippen molar-refractivity contribution in [3.05, 3.63) is 24.5 Å². The van der Waals surface area contributed by atoms with Crippen LogP contribution in [0, 0.1) is 0 Å². The van der Waals surface area contributed by atoms with E-state index in [1.165, 1.54) is 12.7 Å². The number of anilines is 1. The number of nitrogens with one attached hydrogen (secondary N) is 1. The number of rotatable bonds is 3. The van der Waals surface area contributed by atoms with E-state index < -0.39 is 0 Å². The Kier molecular flexibility index (Phi) is 2.98. The molecule has 1 atom stereocenters. The van der Waals surface area contributed by atoms with Crippen LogP contribution in [0.2, 0.25) is 0 Å². The maximum atomic E-state index is 5.89. The fourth-order valence-corrected chi connectivity index (χ4v) is 2.31. The van der Waals surface area contributed by atoms with Gasteiger partial charge in [0.25, 0.3) is 0 Å². The summed E-state index contributed by atoms with van der Waals surface area (Å²) in [6, 6.07) is 6.18. The molecule has 5 heteroatoms. The van der Waals surface area contributed by atoms with Crippen LogP contribution in [0.15, 0.2) is 24.5 Å². The lowest BCUT2D eigenvalue weighted by Crippen LogP contribution is -2.28. The predicted molar refractivity (Wildman–Crippen MR) is 70.5 cm³/mol. The summed E-state index contributed by atoms with van der Waals surface area (Å²) in [4.78, 5) is 8.21. The van der Waals surface area contributed by atoms with Crippen molar-refractivity contribution in [2.24, 2.45) is 0 Å². The SMILES string of the molecule is Nc1ncnc2cccc(OC[C@H]3CCCN3)c12. The number of hydrogen-bond acceptors (Lipinski definition) is 5. The van der Waals surface area contributed by atoms with Gasteiger partial charge in [-0.2, -0.15) is 0 Å². The Balaban J connectivity index is 1.86. The third kappa shape index (κ3) is 2.09. The quantitative estimate of drug-likeness (QED) is 0.852. The van der Waals surface area contributed by atoms with Gasteiger partial charge in [-0.15, -0.1) is 0 Å². The van der Waals surface area contributed by atoms with Gasteiger partial charge in [0.15, 0.2) is 0 Å². The summed E-state index contributed by atoms with van der Waals surface area (Å²) >= 11 is 0. The van der Waals surface area contributed by atoms with Gasteiger partial charge >= 0.3 is 0 Å². The molecule has 3 N–H and O–H groups in total. The number of hydrogen-bond donors (Lipinski definition) is 2. The third-order valence-electron chi connectivity index (χ3n) is 3.26. The van der Waals surface area contributed by atoms with Crippen LogP contribution >= 0.6 is 0 Å². The zero-order valence-electron chi connectivity index (χ0n) is 10.1. The van der Waals surface area contributed by atoms with E-state index in [4.69, 9.17) is 10.5 Å². The second-order valence-corrected chi connectivity index (χ2v) is 4.51. The highest BCUT2D eigenvalue weighted by molar-refractivity contribution is 5.93. The molecule has 0 saturated carbocycles. The van der Waals surface area contributed by atoms with E-state index in [1.54, 1.807) is 0 Å². The zero-order chi connectivity index (χ0) is 12.4. The molecule has 1 aromatic heterocycles. The molecule has 0 spiro atoms. The number of nitrogens with zero attached hydrogens (tertiary/aromatic N) is 2. The Morgan fingerprint density at radius 2 is 2.33 bits per heavy atom. The standard InChI is InChI=1S/C13H16N4O/c14-13-12-10(16-8-17-13)4-1-5-11(12)18-7-9-3-2-6-15-9/h1,4-5,8-9,15H,2-3,6-7H2,(H2,14,16,17)/t9-/m1/s1. The van der Waals surface area contributed by atoms with Crippen molar-refractivity contribution in [1.29, 1.82) is 0 Å². The molecule has 0 aliphatic carbocycles. The lowest BCUT2D eigenvalue weighted by Gasteiger charge is -2.14. The summed E-state index contributed by atoms with van der Waals surface area (Å²) in [7, 11) is 0. The van der Waals surface area contributed by atoms with E-state index in [1.807, 2.05) is 18.2 Å². The average Bonchev–Trinajstić information content (AvgIpc) is 2.89. The third-order valence-corrected chi connectivity index (χ3v) is 3.26. The summed E-state index contributed by atoms with van der Waals surface area (Å²) in [6.45, 7) is 1.74. The van der Waals surface area contributed by atoms with E-state index in [0.717, 1.165) is 29.6 Å². The van der Waals surface area contributed by atoms with Crippen molar-refractivity contribution in [3.8, 4) is 5.75 Å². The van der Waals surface area contributed by atoms with Crippen LogP contribution in [0.4, 0.5) is 5.82 Å². The minimum absolute atomic E-state index is 0.436. The molecule has 1 aromatic carbocycles. The van der Waals surface area contributed by atoms with Crippen LogP contribution in [0.1, 0.15) is 12.8 Å². The van der Waals surface area contributed by atoms with E-state index in [2.05, 4.69) is 15.3 Å². The van der Waals surface area contributed by atoms with Crippen molar-refractivity contribution in [1.82, 2.24) is 15.3 Å². The molecular formula is C13H16N4O. The largest absolute Gasteiger partial charge is 0.491 e.